The Kier molecular flexibility index (Phi) is 4.36. The van der Waals surface area contributed by atoms with Crippen LogP contribution in [0.25, 0.3) is 0 Å². The van der Waals surface area contributed by atoms with Gasteiger partial charge in [-0.3, -0.25) is 9.78 Å². The van der Waals surface area contributed by atoms with E-state index >= 15 is 0 Å². The van der Waals surface area contributed by atoms with Gasteiger partial charge in [0.2, 0.25) is 0 Å². The molecule has 1 N–H and O–H groups in total. The van der Waals surface area contributed by atoms with Crippen LogP contribution in [0.4, 0.5) is 13.2 Å². The monoisotopic (exact) mass is 290 g/mol. The molecule has 1 amide bonds. The summed E-state index contributed by atoms with van der Waals surface area (Å²) in [4.78, 5) is 30.9. The number of nitrogens with one attached hydrogen (secondary N) is 1. The molecule has 8 heteroatoms. The highest BCUT2D eigenvalue weighted by molar-refractivity contribution is 5.95. The molecule has 0 fully saturated rings. The Hall–Kier alpha value is -2.12. The smallest absolute Gasteiger partial charge is 0.340 e. The van der Waals surface area contributed by atoms with Crippen molar-refractivity contribution in [3.63, 3.8) is 0 Å². The van der Waals surface area contributed by atoms with Crippen LogP contribution in [-0.4, -0.2) is 16.9 Å². The van der Waals surface area contributed by atoms with Crippen molar-refractivity contribution in [2.24, 2.45) is 5.41 Å². The molecule has 0 saturated carbocycles. The van der Waals surface area contributed by atoms with Crippen molar-refractivity contribution < 1.29 is 27.6 Å². The molecule has 0 bridgehead atoms. The third kappa shape index (κ3) is 3.94. The minimum absolute atomic E-state index is 0.667. The van der Waals surface area contributed by atoms with Crippen molar-refractivity contribution in [3.05, 3.63) is 29.6 Å². The van der Waals surface area contributed by atoms with E-state index in [9.17, 15) is 22.8 Å². The number of aromatic nitrogens is 1. The van der Waals surface area contributed by atoms with Gasteiger partial charge in [-0.05, 0) is 26.8 Å². The Balaban J connectivity index is 2.87. The van der Waals surface area contributed by atoms with Crippen molar-refractivity contribution in [3.8, 4) is 0 Å². The average molecular weight is 290 g/mol. The maximum absolute atomic E-state index is 12.7. The van der Waals surface area contributed by atoms with Gasteiger partial charge in [0.25, 0.3) is 5.91 Å². The van der Waals surface area contributed by atoms with Crippen molar-refractivity contribution in [2.75, 3.05) is 0 Å². The molecule has 0 radical (unpaired) electrons. The van der Waals surface area contributed by atoms with E-state index in [4.69, 9.17) is 0 Å². The van der Waals surface area contributed by atoms with Gasteiger partial charge in [0.05, 0.1) is 16.5 Å². The normalized spacial score (nSPS) is 11.9. The second-order valence-electron chi connectivity index (χ2n) is 4.99. The molecular formula is C12H13F3N2O3. The fourth-order valence-electron chi connectivity index (χ4n) is 1.12. The second-order valence-corrected chi connectivity index (χ2v) is 4.99. The molecule has 0 spiro atoms. The number of halogens is 3. The van der Waals surface area contributed by atoms with Crippen molar-refractivity contribution in [2.45, 2.75) is 26.9 Å². The Morgan fingerprint density at radius 3 is 2.35 bits per heavy atom. The van der Waals surface area contributed by atoms with Gasteiger partial charge < -0.3 is 4.84 Å². The van der Waals surface area contributed by atoms with Crippen LogP contribution in [0.3, 0.4) is 0 Å². The zero-order chi connectivity index (χ0) is 15.6. The highest BCUT2D eigenvalue weighted by Gasteiger charge is 2.35. The Bertz CT molecular complexity index is 521. The molecule has 0 aromatic carbocycles. The second kappa shape index (κ2) is 5.48. The van der Waals surface area contributed by atoms with Crippen molar-refractivity contribution in [1.29, 1.82) is 0 Å². The number of carbonyl (C=O) groups is 2. The van der Waals surface area contributed by atoms with Crippen LogP contribution < -0.4 is 5.48 Å². The summed E-state index contributed by atoms with van der Waals surface area (Å²) in [6.07, 6.45) is -3.03. The zero-order valence-electron chi connectivity index (χ0n) is 11.0. The van der Waals surface area contributed by atoms with E-state index in [1.807, 2.05) is 0 Å². The molecule has 110 valence electrons. The summed E-state index contributed by atoms with van der Waals surface area (Å²) in [5.74, 6) is -1.97. The molecule has 1 heterocycles. The lowest BCUT2D eigenvalue weighted by molar-refractivity contribution is -0.158. The lowest BCUT2D eigenvalue weighted by Crippen LogP contribution is -2.34. The molecule has 0 aliphatic heterocycles. The SMILES string of the molecule is CC(C)(C)C(=O)ONC(=O)c1cnccc1C(F)(F)F. The van der Waals surface area contributed by atoms with Crippen LogP contribution in [0.1, 0.15) is 36.7 Å². The summed E-state index contributed by atoms with van der Waals surface area (Å²) in [5, 5.41) is 0. The van der Waals surface area contributed by atoms with E-state index in [0.29, 0.717) is 6.07 Å². The van der Waals surface area contributed by atoms with Gasteiger partial charge in [-0.2, -0.15) is 18.7 Å². The van der Waals surface area contributed by atoms with Gasteiger partial charge in [-0.15, -0.1) is 0 Å². The van der Waals surface area contributed by atoms with Crippen LogP contribution in [0.15, 0.2) is 18.5 Å². The standard InChI is InChI=1S/C12H13F3N2O3/c1-11(2,3)10(19)20-17-9(18)7-6-16-5-4-8(7)12(13,14)15/h4-6H,1-3H3,(H,17,18). The average Bonchev–Trinajstić information content (AvgIpc) is 2.33. The number of hydroxylamine groups is 1. The van der Waals surface area contributed by atoms with Gasteiger partial charge in [-0.1, -0.05) is 0 Å². The van der Waals surface area contributed by atoms with Crippen LogP contribution in [-0.2, 0) is 15.8 Å². The molecular weight excluding hydrogens is 277 g/mol. The first-order chi connectivity index (χ1) is 9.03. The van der Waals surface area contributed by atoms with Gasteiger partial charge in [-0.25, -0.2) is 4.79 Å². The number of rotatable bonds is 1. The van der Waals surface area contributed by atoms with Crippen LogP contribution in [0.2, 0.25) is 0 Å². The maximum atomic E-state index is 12.7. The van der Waals surface area contributed by atoms with E-state index in [1.165, 1.54) is 20.8 Å². The molecule has 1 aromatic heterocycles. The maximum Gasteiger partial charge on any atom is 0.417 e. The minimum Gasteiger partial charge on any atom is -0.340 e. The zero-order valence-corrected chi connectivity index (χ0v) is 11.0. The molecule has 0 aliphatic carbocycles. The van der Waals surface area contributed by atoms with Crippen LogP contribution in [0.5, 0.6) is 0 Å². The van der Waals surface area contributed by atoms with Gasteiger partial charge in [0.15, 0.2) is 0 Å². The van der Waals surface area contributed by atoms with E-state index < -0.39 is 34.6 Å². The number of nitrogens with zero attached hydrogens (tertiary/aromatic N) is 1. The molecule has 5 nitrogen and oxygen atoms in total. The molecule has 1 rings (SSSR count). The fourth-order valence-corrected chi connectivity index (χ4v) is 1.12. The number of pyridine rings is 1. The predicted molar refractivity (Wildman–Crippen MR) is 62.3 cm³/mol. The molecule has 20 heavy (non-hydrogen) atoms. The highest BCUT2D eigenvalue weighted by Crippen LogP contribution is 2.31. The Morgan fingerprint density at radius 2 is 1.85 bits per heavy atom. The largest absolute Gasteiger partial charge is 0.417 e. The summed E-state index contributed by atoms with van der Waals surface area (Å²) in [5.41, 5.74) is -1.08. The Morgan fingerprint density at radius 1 is 1.25 bits per heavy atom. The van der Waals surface area contributed by atoms with Gasteiger partial charge in [0.1, 0.15) is 0 Å². The number of hydrogen-bond acceptors (Lipinski definition) is 4. The molecule has 1 aromatic rings. The topological polar surface area (TPSA) is 68.3 Å². The lowest BCUT2D eigenvalue weighted by atomic mass is 9.98. The summed E-state index contributed by atoms with van der Waals surface area (Å²) < 4.78 is 38.0. The minimum atomic E-state index is -4.70. The van der Waals surface area contributed by atoms with Crippen LogP contribution in [0, 0.1) is 5.41 Å². The fraction of sp³-hybridized carbons (Fsp3) is 0.417. The third-order valence-electron chi connectivity index (χ3n) is 2.22. The number of alkyl halides is 3. The van der Waals surface area contributed by atoms with E-state index in [-0.39, 0.29) is 0 Å². The molecule has 0 unspecified atom stereocenters. The summed E-state index contributed by atoms with van der Waals surface area (Å²) in [6, 6.07) is 0.667. The van der Waals surface area contributed by atoms with Gasteiger partial charge >= 0.3 is 12.1 Å². The first kappa shape index (κ1) is 15.9. The van der Waals surface area contributed by atoms with E-state index in [1.54, 1.807) is 5.48 Å². The van der Waals surface area contributed by atoms with E-state index in [0.717, 1.165) is 12.4 Å². The molecule has 0 saturated heterocycles. The third-order valence-corrected chi connectivity index (χ3v) is 2.22. The van der Waals surface area contributed by atoms with Crippen molar-refractivity contribution in [1.82, 2.24) is 10.5 Å². The number of hydrogen-bond donors (Lipinski definition) is 1. The first-order valence-corrected chi connectivity index (χ1v) is 5.56. The quantitative estimate of drug-likeness (QED) is 0.806. The molecule has 0 atom stereocenters. The highest BCUT2D eigenvalue weighted by atomic mass is 19.4. The number of carbonyl (C=O) groups excluding carboxylic acids is 2. The van der Waals surface area contributed by atoms with Crippen molar-refractivity contribution >= 4 is 11.9 Å². The predicted octanol–water partition coefficient (Wildman–Crippen LogP) is 2.33. The van der Waals surface area contributed by atoms with E-state index in [2.05, 4.69) is 9.82 Å². The molecule has 0 aliphatic rings. The summed E-state index contributed by atoms with van der Waals surface area (Å²) >= 11 is 0. The summed E-state index contributed by atoms with van der Waals surface area (Å²) in [7, 11) is 0. The summed E-state index contributed by atoms with van der Waals surface area (Å²) in [6.45, 7) is 4.60. The van der Waals surface area contributed by atoms with Crippen LogP contribution >= 0.6 is 0 Å². The van der Waals surface area contributed by atoms with Gasteiger partial charge in [0, 0.05) is 12.4 Å². The number of amides is 1. The first-order valence-electron chi connectivity index (χ1n) is 5.56. The Labute approximate surface area is 113 Å². The lowest BCUT2D eigenvalue weighted by Gasteiger charge is -2.16.